The Morgan fingerprint density at radius 3 is 2.38 bits per heavy atom. The molecule has 0 heterocycles. The standard InChI is InChI=1S/C20H24N2O3S/c1-5-17(15-8-11-18(24-3)19(12-15)25-4)21-22-20(23)13-26-16-9-6-14(2)7-10-16/h6-12H,5,13H2,1-4H3,(H,22,23)/b21-17-. The van der Waals surface area contributed by atoms with E-state index in [1.54, 1.807) is 14.2 Å². The van der Waals surface area contributed by atoms with Crippen LogP contribution in [0.1, 0.15) is 24.5 Å². The first-order valence-electron chi connectivity index (χ1n) is 8.34. The molecule has 0 bridgehead atoms. The Kier molecular flexibility index (Phi) is 7.53. The maximum absolute atomic E-state index is 12.1. The van der Waals surface area contributed by atoms with Gasteiger partial charge < -0.3 is 9.47 Å². The Morgan fingerprint density at radius 1 is 1.08 bits per heavy atom. The zero-order valence-corrected chi connectivity index (χ0v) is 16.4. The van der Waals surface area contributed by atoms with Crippen molar-refractivity contribution in [2.45, 2.75) is 25.2 Å². The molecule has 0 aliphatic heterocycles. The minimum atomic E-state index is -0.137. The highest BCUT2D eigenvalue weighted by molar-refractivity contribution is 8.00. The second kappa shape index (κ2) is 9.87. The summed E-state index contributed by atoms with van der Waals surface area (Å²) in [5, 5.41) is 4.28. The highest BCUT2D eigenvalue weighted by Crippen LogP contribution is 2.28. The number of carbonyl (C=O) groups is 1. The third-order valence-corrected chi connectivity index (χ3v) is 4.77. The lowest BCUT2D eigenvalue weighted by Crippen LogP contribution is -2.21. The molecule has 6 heteroatoms. The molecule has 1 N–H and O–H groups in total. The zero-order chi connectivity index (χ0) is 18.9. The molecule has 0 radical (unpaired) electrons. The van der Waals surface area contributed by atoms with E-state index in [1.807, 2.05) is 56.3 Å². The number of thioether (sulfide) groups is 1. The summed E-state index contributed by atoms with van der Waals surface area (Å²) in [4.78, 5) is 13.1. The summed E-state index contributed by atoms with van der Waals surface area (Å²) in [7, 11) is 3.19. The fraction of sp³-hybridized carbons (Fsp3) is 0.300. The molecule has 2 rings (SSSR count). The van der Waals surface area contributed by atoms with Gasteiger partial charge in [0.25, 0.3) is 0 Å². The maximum atomic E-state index is 12.1. The summed E-state index contributed by atoms with van der Waals surface area (Å²) in [5.41, 5.74) is 5.50. The molecule has 26 heavy (non-hydrogen) atoms. The van der Waals surface area contributed by atoms with Crippen LogP contribution >= 0.6 is 11.8 Å². The molecule has 0 unspecified atom stereocenters. The van der Waals surface area contributed by atoms with Crippen LogP contribution in [0.4, 0.5) is 0 Å². The third-order valence-electron chi connectivity index (χ3n) is 3.76. The molecule has 0 spiro atoms. The van der Waals surface area contributed by atoms with Gasteiger partial charge in [-0.15, -0.1) is 11.8 Å². The Labute approximate surface area is 158 Å². The van der Waals surface area contributed by atoms with Crippen molar-refractivity contribution in [1.82, 2.24) is 5.43 Å². The maximum Gasteiger partial charge on any atom is 0.250 e. The topological polar surface area (TPSA) is 59.9 Å². The predicted molar refractivity (Wildman–Crippen MR) is 106 cm³/mol. The van der Waals surface area contributed by atoms with E-state index >= 15 is 0 Å². The van der Waals surface area contributed by atoms with Gasteiger partial charge in [0.05, 0.1) is 25.7 Å². The number of rotatable bonds is 8. The number of nitrogens with zero attached hydrogens (tertiary/aromatic N) is 1. The van der Waals surface area contributed by atoms with Gasteiger partial charge in [0.1, 0.15) is 0 Å². The third kappa shape index (κ3) is 5.52. The highest BCUT2D eigenvalue weighted by atomic mass is 32.2. The number of hydrazone groups is 1. The second-order valence-electron chi connectivity index (χ2n) is 5.62. The van der Waals surface area contributed by atoms with Crippen LogP contribution in [0.3, 0.4) is 0 Å². The van der Waals surface area contributed by atoms with E-state index < -0.39 is 0 Å². The van der Waals surface area contributed by atoms with Gasteiger partial charge in [-0.1, -0.05) is 24.6 Å². The molecule has 0 aromatic heterocycles. The molecule has 0 fully saturated rings. The van der Waals surface area contributed by atoms with Gasteiger partial charge >= 0.3 is 0 Å². The number of nitrogens with one attached hydrogen (secondary N) is 1. The molecule has 2 aromatic rings. The van der Waals surface area contributed by atoms with Crippen molar-refractivity contribution in [2.75, 3.05) is 20.0 Å². The Balaban J connectivity index is 1.99. The van der Waals surface area contributed by atoms with Crippen LogP contribution in [0.25, 0.3) is 0 Å². The average Bonchev–Trinajstić information content (AvgIpc) is 2.67. The van der Waals surface area contributed by atoms with Crippen LogP contribution in [0.15, 0.2) is 52.5 Å². The first-order chi connectivity index (χ1) is 12.6. The van der Waals surface area contributed by atoms with Crippen molar-refractivity contribution in [1.29, 1.82) is 0 Å². The molecule has 0 aliphatic carbocycles. The number of methoxy groups -OCH3 is 2. The fourth-order valence-electron chi connectivity index (χ4n) is 2.31. The molecular weight excluding hydrogens is 348 g/mol. The van der Waals surface area contributed by atoms with E-state index in [9.17, 15) is 4.79 Å². The van der Waals surface area contributed by atoms with Gasteiger partial charge in [0.2, 0.25) is 5.91 Å². The van der Waals surface area contributed by atoms with E-state index in [-0.39, 0.29) is 5.91 Å². The van der Waals surface area contributed by atoms with Gasteiger partial charge in [-0.25, -0.2) is 5.43 Å². The van der Waals surface area contributed by atoms with E-state index in [0.29, 0.717) is 23.7 Å². The normalized spacial score (nSPS) is 11.2. The first kappa shape index (κ1) is 19.8. The number of amides is 1. The van der Waals surface area contributed by atoms with Crippen LogP contribution in [0.2, 0.25) is 0 Å². The van der Waals surface area contributed by atoms with Gasteiger partial charge in [0.15, 0.2) is 11.5 Å². The molecule has 138 valence electrons. The van der Waals surface area contributed by atoms with E-state index in [2.05, 4.69) is 10.5 Å². The van der Waals surface area contributed by atoms with Gasteiger partial charge in [-0.05, 0) is 43.7 Å². The monoisotopic (exact) mass is 372 g/mol. The van der Waals surface area contributed by atoms with Crippen LogP contribution in [-0.4, -0.2) is 31.6 Å². The van der Waals surface area contributed by atoms with E-state index in [1.165, 1.54) is 17.3 Å². The van der Waals surface area contributed by atoms with Crippen molar-refractivity contribution in [3.63, 3.8) is 0 Å². The molecule has 0 saturated carbocycles. The average molecular weight is 372 g/mol. The quantitative estimate of drug-likeness (QED) is 0.432. The van der Waals surface area contributed by atoms with Gasteiger partial charge in [-0.3, -0.25) is 4.79 Å². The van der Waals surface area contributed by atoms with Crippen molar-refractivity contribution in [2.24, 2.45) is 5.10 Å². The summed E-state index contributed by atoms with van der Waals surface area (Å²) in [6, 6.07) is 13.7. The van der Waals surface area contributed by atoms with Gasteiger partial charge in [0, 0.05) is 10.5 Å². The largest absolute Gasteiger partial charge is 0.493 e. The summed E-state index contributed by atoms with van der Waals surface area (Å²) >= 11 is 1.49. The summed E-state index contributed by atoms with van der Waals surface area (Å²) in [6.07, 6.45) is 0.681. The molecule has 0 aliphatic rings. The smallest absolute Gasteiger partial charge is 0.250 e. The summed E-state index contributed by atoms with van der Waals surface area (Å²) in [6.45, 7) is 4.03. The SMILES string of the molecule is CC/C(=N/NC(=O)CSc1ccc(C)cc1)c1ccc(OC)c(OC)c1. The van der Waals surface area contributed by atoms with Crippen molar-refractivity contribution in [3.8, 4) is 11.5 Å². The van der Waals surface area contributed by atoms with Crippen LogP contribution < -0.4 is 14.9 Å². The molecule has 5 nitrogen and oxygen atoms in total. The molecule has 2 aromatic carbocycles. The lowest BCUT2D eigenvalue weighted by molar-refractivity contribution is -0.118. The highest BCUT2D eigenvalue weighted by Gasteiger charge is 2.09. The number of benzene rings is 2. The van der Waals surface area contributed by atoms with Crippen molar-refractivity contribution >= 4 is 23.4 Å². The Morgan fingerprint density at radius 2 is 1.77 bits per heavy atom. The minimum absolute atomic E-state index is 0.137. The van der Waals surface area contributed by atoms with Crippen molar-refractivity contribution in [3.05, 3.63) is 53.6 Å². The number of hydrogen-bond donors (Lipinski definition) is 1. The Bertz CT molecular complexity index is 773. The molecule has 0 atom stereocenters. The van der Waals surface area contributed by atoms with E-state index in [0.717, 1.165) is 16.2 Å². The van der Waals surface area contributed by atoms with Crippen molar-refractivity contribution < 1.29 is 14.3 Å². The summed E-state index contributed by atoms with van der Waals surface area (Å²) in [5.74, 6) is 1.47. The number of hydrogen-bond acceptors (Lipinski definition) is 5. The molecule has 0 saturated heterocycles. The van der Waals surface area contributed by atoms with Gasteiger partial charge in [-0.2, -0.15) is 5.10 Å². The lowest BCUT2D eigenvalue weighted by Gasteiger charge is -2.10. The lowest BCUT2D eigenvalue weighted by atomic mass is 10.1. The minimum Gasteiger partial charge on any atom is -0.493 e. The second-order valence-corrected chi connectivity index (χ2v) is 6.67. The van der Waals surface area contributed by atoms with Crippen LogP contribution in [-0.2, 0) is 4.79 Å². The fourth-order valence-corrected chi connectivity index (χ4v) is 3.00. The zero-order valence-electron chi connectivity index (χ0n) is 15.5. The first-order valence-corrected chi connectivity index (χ1v) is 9.33. The summed E-state index contributed by atoms with van der Waals surface area (Å²) < 4.78 is 10.6. The van der Waals surface area contributed by atoms with E-state index in [4.69, 9.17) is 9.47 Å². The number of carbonyl (C=O) groups excluding carboxylic acids is 1. The number of aryl methyl sites for hydroxylation is 1. The molecule has 1 amide bonds. The predicted octanol–water partition coefficient (Wildman–Crippen LogP) is 4.03. The van der Waals surface area contributed by atoms with Crippen LogP contribution in [0, 0.1) is 6.92 Å². The molecular formula is C20H24N2O3S. The number of ether oxygens (including phenoxy) is 2. The Hall–Kier alpha value is -2.47. The van der Waals surface area contributed by atoms with Crippen LogP contribution in [0.5, 0.6) is 11.5 Å².